The predicted octanol–water partition coefficient (Wildman–Crippen LogP) is 2.46. The van der Waals surface area contributed by atoms with Gasteiger partial charge in [-0.3, -0.25) is 0 Å². The van der Waals surface area contributed by atoms with E-state index >= 15 is 0 Å². The second-order valence-corrected chi connectivity index (χ2v) is 5.68. The van der Waals surface area contributed by atoms with Crippen LogP contribution in [-0.4, -0.2) is 43.0 Å². The van der Waals surface area contributed by atoms with Crippen molar-refractivity contribution in [2.75, 3.05) is 19.8 Å². The molecule has 1 fully saturated rings. The van der Waals surface area contributed by atoms with E-state index in [-0.39, 0.29) is 25.0 Å². The summed E-state index contributed by atoms with van der Waals surface area (Å²) in [6.07, 6.45) is 0.139. The number of ether oxygens (including phenoxy) is 2. The summed E-state index contributed by atoms with van der Waals surface area (Å²) in [5, 5.41) is 2.79. The number of carbonyl (C=O) groups is 1. The van der Waals surface area contributed by atoms with Crippen LogP contribution in [0.1, 0.15) is 25.0 Å². The molecule has 2 atom stereocenters. The van der Waals surface area contributed by atoms with Crippen LogP contribution in [0.3, 0.4) is 0 Å². The zero-order valence-electron chi connectivity index (χ0n) is 13.2. The van der Waals surface area contributed by atoms with Crippen LogP contribution in [0.15, 0.2) is 18.2 Å². The lowest BCUT2D eigenvalue weighted by Crippen LogP contribution is -2.52. The van der Waals surface area contributed by atoms with Crippen LogP contribution >= 0.6 is 0 Å². The quantitative estimate of drug-likeness (QED) is 0.871. The summed E-state index contributed by atoms with van der Waals surface area (Å²) >= 11 is 0. The van der Waals surface area contributed by atoms with E-state index in [0.717, 1.165) is 5.75 Å². The van der Waals surface area contributed by atoms with Crippen molar-refractivity contribution in [3.8, 4) is 5.75 Å². The molecule has 0 aliphatic carbocycles. The van der Waals surface area contributed by atoms with Crippen LogP contribution < -0.4 is 10.1 Å². The molecule has 2 amide bonds. The normalized spacial score (nSPS) is 22.0. The molecule has 5 nitrogen and oxygen atoms in total. The summed E-state index contributed by atoms with van der Waals surface area (Å²) in [5.41, 5.74) is 2.40. The first-order valence-corrected chi connectivity index (χ1v) is 7.34. The van der Waals surface area contributed by atoms with E-state index in [1.807, 2.05) is 39.0 Å². The topological polar surface area (TPSA) is 50.8 Å². The number of nitrogens with one attached hydrogen (secondary N) is 1. The summed E-state index contributed by atoms with van der Waals surface area (Å²) in [6.45, 7) is 9.43. The van der Waals surface area contributed by atoms with Gasteiger partial charge in [0.15, 0.2) is 6.73 Å². The fraction of sp³-hybridized carbons (Fsp3) is 0.562. The predicted molar refractivity (Wildman–Crippen MR) is 81.5 cm³/mol. The Morgan fingerprint density at radius 2 is 1.95 bits per heavy atom. The summed E-state index contributed by atoms with van der Waals surface area (Å²) in [7, 11) is 0. The number of hydrogen-bond acceptors (Lipinski definition) is 3. The molecular formula is C16H24N2O3. The molecule has 0 saturated carbocycles. The average molecular weight is 292 g/mol. The van der Waals surface area contributed by atoms with Crippen molar-refractivity contribution in [2.45, 2.75) is 39.9 Å². The van der Waals surface area contributed by atoms with Gasteiger partial charge >= 0.3 is 6.03 Å². The third-order valence-electron chi connectivity index (χ3n) is 3.65. The van der Waals surface area contributed by atoms with Gasteiger partial charge in [-0.1, -0.05) is 6.07 Å². The number of morpholine rings is 1. The molecule has 1 aliphatic rings. The van der Waals surface area contributed by atoms with Gasteiger partial charge in [-0.15, -0.1) is 0 Å². The van der Waals surface area contributed by atoms with Crippen molar-refractivity contribution in [3.05, 3.63) is 29.3 Å². The van der Waals surface area contributed by atoms with Crippen molar-refractivity contribution < 1.29 is 14.3 Å². The smallest absolute Gasteiger partial charge is 0.320 e. The Morgan fingerprint density at radius 3 is 2.57 bits per heavy atom. The summed E-state index contributed by atoms with van der Waals surface area (Å²) < 4.78 is 11.2. The summed E-state index contributed by atoms with van der Waals surface area (Å²) in [4.78, 5) is 13.8. The Morgan fingerprint density at radius 1 is 1.29 bits per heavy atom. The fourth-order valence-corrected chi connectivity index (χ4v) is 2.44. The minimum absolute atomic E-state index is 0.0696. The third-order valence-corrected chi connectivity index (χ3v) is 3.65. The lowest BCUT2D eigenvalue weighted by molar-refractivity contribution is -0.0548. The molecule has 0 bridgehead atoms. The number of nitrogens with zero attached hydrogens (tertiary/aromatic N) is 1. The van der Waals surface area contributed by atoms with Gasteiger partial charge in [0.25, 0.3) is 0 Å². The number of benzene rings is 1. The molecule has 2 rings (SSSR count). The van der Waals surface area contributed by atoms with Crippen LogP contribution in [0.5, 0.6) is 5.75 Å². The number of amides is 2. The highest BCUT2D eigenvalue weighted by Gasteiger charge is 2.25. The Labute approximate surface area is 126 Å². The van der Waals surface area contributed by atoms with Crippen molar-refractivity contribution in [3.63, 3.8) is 0 Å². The van der Waals surface area contributed by atoms with Gasteiger partial charge in [-0.05, 0) is 51.0 Å². The Bertz CT molecular complexity index is 494. The molecule has 0 spiro atoms. The molecule has 0 aromatic heterocycles. The highest BCUT2D eigenvalue weighted by molar-refractivity contribution is 5.74. The molecule has 0 radical (unpaired) electrons. The van der Waals surface area contributed by atoms with Crippen LogP contribution in [0.4, 0.5) is 4.79 Å². The largest absolute Gasteiger partial charge is 0.473 e. The monoisotopic (exact) mass is 292 g/mol. The van der Waals surface area contributed by atoms with Crippen molar-refractivity contribution in [2.24, 2.45) is 0 Å². The number of carbonyl (C=O) groups excluding carboxylic acids is 1. The van der Waals surface area contributed by atoms with E-state index in [2.05, 4.69) is 12.2 Å². The highest BCUT2D eigenvalue weighted by Crippen LogP contribution is 2.16. The molecule has 2 unspecified atom stereocenters. The molecule has 116 valence electrons. The molecule has 1 N–H and O–H groups in total. The average Bonchev–Trinajstić information content (AvgIpc) is 2.41. The molecule has 5 heteroatoms. The molecular weight excluding hydrogens is 268 g/mol. The zero-order valence-corrected chi connectivity index (χ0v) is 13.2. The van der Waals surface area contributed by atoms with E-state index in [1.165, 1.54) is 11.1 Å². The molecule has 1 aliphatic heterocycles. The zero-order chi connectivity index (χ0) is 15.4. The second-order valence-electron chi connectivity index (χ2n) is 5.68. The van der Waals surface area contributed by atoms with Gasteiger partial charge in [0.1, 0.15) is 5.75 Å². The standard InChI is InChI=1S/C16H24N2O3/c1-11-5-6-15(7-12(11)2)20-10-17-16(19)18-8-13(3)21-14(4)9-18/h5-7,13-14H,8-10H2,1-4H3,(H,17,19). The molecule has 1 heterocycles. The van der Waals surface area contributed by atoms with Crippen molar-refractivity contribution in [1.82, 2.24) is 10.2 Å². The minimum atomic E-state index is -0.110. The first-order valence-electron chi connectivity index (χ1n) is 7.34. The van der Waals surface area contributed by atoms with Crippen molar-refractivity contribution in [1.29, 1.82) is 0 Å². The molecule has 1 saturated heterocycles. The van der Waals surface area contributed by atoms with Gasteiger partial charge in [0.05, 0.1) is 12.2 Å². The molecule has 21 heavy (non-hydrogen) atoms. The summed E-state index contributed by atoms with van der Waals surface area (Å²) in [5.74, 6) is 0.766. The van der Waals surface area contributed by atoms with Gasteiger partial charge < -0.3 is 19.7 Å². The van der Waals surface area contributed by atoms with Crippen LogP contribution in [0.2, 0.25) is 0 Å². The van der Waals surface area contributed by atoms with Crippen LogP contribution in [0.25, 0.3) is 0 Å². The number of rotatable bonds is 3. The Kier molecular flexibility index (Phi) is 5.07. The van der Waals surface area contributed by atoms with E-state index in [9.17, 15) is 4.79 Å². The highest BCUT2D eigenvalue weighted by atomic mass is 16.5. The number of urea groups is 1. The SMILES string of the molecule is Cc1ccc(OCNC(=O)N2CC(C)OC(C)C2)cc1C. The first-order chi connectivity index (χ1) is 9.95. The maximum atomic E-state index is 12.1. The molecule has 1 aromatic carbocycles. The molecule has 1 aromatic rings. The Balaban J connectivity index is 1.80. The minimum Gasteiger partial charge on any atom is -0.473 e. The van der Waals surface area contributed by atoms with E-state index in [1.54, 1.807) is 4.90 Å². The number of hydrogen-bond donors (Lipinski definition) is 1. The third kappa shape index (κ3) is 4.36. The van der Waals surface area contributed by atoms with E-state index < -0.39 is 0 Å². The number of aryl methyl sites for hydroxylation is 2. The second kappa shape index (κ2) is 6.80. The van der Waals surface area contributed by atoms with Gasteiger partial charge in [0.2, 0.25) is 0 Å². The van der Waals surface area contributed by atoms with Crippen LogP contribution in [0, 0.1) is 13.8 Å². The first kappa shape index (κ1) is 15.6. The maximum absolute atomic E-state index is 12.1. The van der Waals surface area contributed by atoms with Crippen LogP contribution in [-0.2, 0) is 4.74 Å². The van der Waals surface area contributed by atoms with Crippen molar-refractivity contribution >= 4 is 6.03 Å². The lowest BCUT2D eigenvalue weighted by atomic mass is 10.1. The Hall–Kier alpha value is -1.75. The van der Waals surface area contributed by atoms with Gasteiger partial charge in [-0.25, -0.2) is 4.79 Å². The van der Waals surface area contributed by atoms with Gasteiger partial charge in [0, 0.05) is 13.1 Å². The van der Waals surface area contributed by atoms with E-state index in [0.29, 0.717) is 13.1 Å². The van der Waals surface area contributed by atoms with Gasteiger partial charge in [-0.2, -0.15) is 0 Å². The maximum Gasteiger partial charge on any atom is 0.320 e. The lowest BCUT2D eigenvalue weighted by Gasteiger charge is -2.35. The van der Waals surface area contributed by atoms with E-state index in [4.69, 9.17) is 9.47 Å². The fourth-order valence-electron chi connectivity index (χ4n) is 2.44. The summed E-state index contributed by atoms with van der Waals surface area (Å²) in [6, 6.07) is 5.78.